The lowest BCUT2D eigenvalue weighted by Gasteiger charge is -2.24. The number of aryl methyl sites for hydroxylation is 3. The van der Waals surface area contributed by atoms with Crippen LogP contribution in [0.4, 0.5) is 0 Å². The van der Waals surface area contributed by atoms with E-state index in [0.29, 0.717) is 36.9 Å². The minimum absolute atomic E-state index is 0.124. The maximum Gasteiger partial charge on any atom is 0.339 e. The van der Waals surface area contributed by atoms with Crippen molar-refractivity contribution in [3.05, 3.63) is 94.5 Å². The molecule has 35 heavy (non-hydrogen) atoms. The van der Waals surface area contributed by atoms with Gasteiger partial charge in [-0.25, -0.2) is 4.79 Å². The molecule has 1 amide bonds. The Balaban J connectivity index is 1.67. The predicted octanol–water partition coefficient (Wildman–Crippen LogP) is 6.80. The summed E-state index contributed by atoms with van der Waals surface area (Å²) in [7, 11) is 0. The number of carbonyl (C=O) groups excluding carboxylic acids is 1. The summed E-state index contributed by atoms with van der Waals surface area (Å²) in [6.07, 6.45) is 2.36. The molecule has 0 aliphatic heterocycles. The summed E-state index contributed by atoms with van der Waals surface area (Å²) in [5.41, 5.74) is 4.59. The van der Waals surface area contributed by atoms with Crippen LogP contribution in [0.2, 0.25) is 0 Å². The quantitative estimate of drug-likeness (QED) is 0.332. The first-order valence-corrected chi connectivity index (χ1v) is 12.2. The molecule has 0 atom stereocenters. The normalized spacial score (nSPS) is 10.9. The summed E-state index contributed by atoms with van der Waals surface area (Å²) in [4.78, 5) is 26.4. The molecule has 3 aromatic carbocycles. The Hall–Kier alpha value is -3.60. The van der Waals surface area contributed by atoms with E-state index < -0.39 is 5.97 Å². The van der Waals surface area contributed by atoms with Crippen molar-refractivity contribution < 1.29 is 19.4 Å². The third kappa shape index (κ3) is 7.99. The summed E-state index contributed by atoms with van der Waals surface area (Å²) in [5, 5.41) is 9.43. The number of benzene rings is 3. The molecule has 3 rings (SSSR count). The molecule has 0 saturated carbocycles. The van der Waals surface area contributed by atoms with Crippen LogP contribution in [0, 0.1) is 19.8 Å². The van der Waals surface area contributed by atoms with Crippen molar-refractivity contribution in [1.29, 1.82) is 0 Å². The number of carboxylic acids is 1. The fourth-order valence-corrected chi connectivity index (χ4v) is 4.01. The molecule has 0 spiro atoms. The lowest BCUT2D eigenvalue weighted by molar-refractivity contribution is -0.132. The summed E-state index contributed by atoms with van der Waals surface area (Å²) < 4.78 is 5.87. The second kappa shape index (κ2) is 12.2. The van der Waals surface area contributed by atoms with Crippen molar-refractivity contribution in [2.75, 3.05) is 6.54 Å². The van der Waals surface area contributed by atoms with Gasteiger partial charge in [0.25, 0.3) is 0 Å². The first-order valence-electron chi connectivity index (χ1n) is 12.2. The van der Waals surface area contributed by atoms with Gasteiger partial charge in [0.2, 0.25) is 5.91 Å². The SMILES string of the molecule is Cc1cccc(CCCN(Cc2ccc(Oc3cc(C)ccc3C(=O)O)cc2)C(=O)CC(C)C)c1. The van der Waals surface area contributed by atoms with Gasteiger partial charge in [0, 0.05) is 19.5 Å². The van der Waals surface area contributed by atoms with Crippen LogP contribution in [0.15, 0.2) is 66.7 Å². The maximum atomic E-state index is 12.9. The number of ether oxygens (including phenoxy) is 1. The zero-order valence-corrected chi connectivity index (χ0v) is 21.1. The predicted molar refractivity (Wildman–Crippen MR) is 139 cm³/mol. The molecule has 184 valence electrons. The number of nitrogens with zero attached hydrogens (tertiary/aromatic N) is 1. The number of amides is 1. The largest absolute Gasteiger partial charge is 0.478 e. The molecule has 0 saturated heterocycles. The highest BCUT2D eigenvalue weighted by Crippen LogP contribution is 2.27. The van der Waals surface area contributed by atoms with Crippen molar-refractivity contribution in [3.63, 3.8) is 0 Å². The van der Waals surface area contributed by atoms with Gasteiger partial charge in [-0.05, 0) is 73.6 Å². The Morgan fingerprint density at radius 1 is 0.914 bits per heavy atom. The molecule has 0 heterocycles. The molecule has 0 unspecified atom stereocenters. The standard InChI is InChI=1S/C30H35NO4/c1-21(2)17-29(32)31(16-6-9-24-8-5-7-22(3)18-24)20-25-11-13-26(14-12-25)35-28-19-23(4)10-15-27(28)30(33)34/h5,7-8,10-15,18-19,21H,6,9,16-17,20H2,1-4H3,(H,33,34). The zero-order chi connectivity index (χ0) is 25.4. The van der Waals surface area contributed by atoms with E-state index in [0.717, 1.165) is 24.0 Å². The van der Waals surface area contributed by atoms with Crippen LogP contribution in [0.25, 0.3) is 0 Å². The number of aromatic carboxylic acids is 1. The minimum Gasteiger partial charge on any atom is -0.478 e. The van der Waals surface area contributed by atoms with Crippen molar-refractivity contribution in [2.24, 2.45) is 5.92 Å². The van der Waals surface area contributed by atoms with Gasteiger partial charge in [0.1, 0.15) is 17.1 Å². The molecular weight excluding hydrogens is 438 g/mol. The maximum absolute atomic E-state index is 12.9. The fourth-order valence-electron chi connectivity index (χ4n) is 4.01. The second-order valence-corrected chi connectivity index (χ2v) is 9.56. The molecule has 0 aromatic heterocycles. The molecular formula is C30H35NO4. The molecule has 1 N–H and O–H groups in total. The average Bonchev–Trinajstić information content (AvgIpc) is 2.79. The Labute approximate surface area is 208 Å². The average molecular weight is 474 g/mol. The second-order valence-electron chi connectivity index (χ2n) is 9.56. The molecule has 0 fully saturated rings. The third-order valence-corrected chi connectivity index (χ3v) is 5.80. The summed E-state index contributed by atoms with van der Waals surface area (Å²) in [6, 6.07) is 21.0. The highest BCUT2D eigenvalue weighted by atomic mass is 16.5. The Bertz CT molecular complexity index is 1150. The van der Waals surface area contributed by atoms with Crippen LogP contribution in [-0.2, 0) is 17.8 Å². The molecule has 0 aliphatic carbocycles. The van der Waals surface area contributed by atoms with E-state index in [1.807, 2.05) is 36.1 Å². The third-order valence-electron chi connectivity index (χ3n) is 5.80. The smallest absolute Gasteiger partial charge is 0.339 e. The van der Waals surface area contributed by atoms with Gasteiger partial charge in [-0.3, -0.25) is 4.79 Å². The van der Waals surface area contributed by atoms with Crippen LogP contribution in [0.1, 0.15) is 59.3 Å². The summed E-state index contributed by atoms with van der Waals surface area (Å²) in [5.74, 6) is 0.309. The highest BCUT2D eigenvalue weighted by Gasteiger charge is 2.16. The van der Waals surface area contributed by atoms with Crippen LogP contribution in [0.3, 0.4) is 0 Å². The van der Waals surface area contributed by atoms with Gasteiger partial charge in [0.05, 0.1) is 0 Å². The van der Waals surface area contributed by atoms with Crippen LogP contribution < -0.4 is 4.74 Å². The van der Waals surface area contributed by atoms with E-state index >= 15 is 0 Å². The molecule has 5 heteroatoms. The van der Waals surface area contributed by atoms with Gasteiger partial charge in [-0.2, -0.15) is 0 Å². The highest BCUT2D eigenvalue weighted by molar-refractivity contribution is 5.91. The molecule has 5 nitrogen and oxygen atoms in total. The Morgan fingerprint density at radius 2 is 1.63 bits per heavy atom. The molecule has 0 bridgehead atoms. The van der Waals surface area contributed by atoms with E-state index in [9.17, 15) is 14.7 Å². The molecule has 0 aliphatic rings. The first-order chi connectivity index (χ1) is 16.7. The number of carboxylic acid groups (broad SMARTS) is 1. The van der Waals surface area contributed by atoms with Gasteiger partial charge in [0.15, 0.2) is 0 Å². The lowest BCUT2D eigenvalue weighted by atomic mass is 10.1. The number of rotatable bonds is 11. The number of hydrogen-bond donors (Lipinski definition) is 1. The monoisotopic (exact) mass is 473 g/mol. The summed E-state index contributed by atoms with van der Waals surface area (Å²) in [6.45, 7) is 9.34. The van der Waals surface area contributed by atoms with Crippen LogP contribution in [-0.4, -0.2) is 28.4 Å². The first kappa shape index (κ1) is 26.0. The van der Waals surface area contributed by atoms with E-state index in [1.165, 1.54) is 11.1 Å². The van der Waals surface area contributed by atoms with Gasteiger partial charge >= 0.3 is 5.97 Å². The van der Waals surface area contributed by atoms with Crippen molar-refractivity contribution in [1.82, 2.24) is 4.90 Å². The number of hydrogen-bond acceptors (Lipinski definition) is 3. The molecule has 0 radical (unpaired) electrons. The van der Waals surface area contributed by atoms with Crippen molar-refractivity contribution in [2.45, 2.75) is 53.5 Å². The van der Waals surface area contributed by atoms with Crippen molar-refractivity contribution in [3.8, 4) is 11.5 Å². The van der Waals surface area contributed by atoms with E-state index in [-0.39, 0.29) is 11.5 Å². The zero-order valence-electron chi connectivity index (χ0n) is 21.1. The Morgan fingerprint density at radius 3 is 2.29 bits per heavy atom. The van der Waals surface area contributed by atoms with Gasteiger partial charge in [-0.15, -0.1) is 0 Å². The fraction of sp³-hybridized carbons (Fsp3) is 0.333. The van der Waals surface area contributed by atoms with Crippen LogP contribution in [0.5, 0.6) is 11.5 Å². The lowest BCUT2D eigenvalue weighted by Crippen LogP contribution is -2.32. The van der Waals surface area contributed by atoms with Crippen LogP contribution >= 0.6 is 0 Å². The van der Waals surface area contributed by atoms with Gasteiger partial charge in [-0.1, -0.05) is 61.9 Å². The van der Waals surface area contributed by atoms with E-state index in [4.69, 9.17) is 4.74 Å². The summed E-state index contributed by atoms with van der Waals surface area (Å²) >= 11 is 0. The van der Waals surface area contributed by atoms with E-state index in [2.05, 4.69) is 45.0 Å². The van der Waals surface area contributed by atoms with Crippen molar-refractivity contribution >= 4 is 11.9 Å². The number of carbonyl (C=O) groups is 2. The molecule has 3 aromatic rings. The van der Waals surface area contributed by atoms with Gasteiger partial charge < -0.3 is 14.7 Å². The Kier molecular flexibility index (Phi) is 9.07. The van der Waals surface area contributed by atoms with E-state index in [1.54, 1.807) is 18.2 Å². The minimum atomic E-state index is -1.03. The topological polar surface area (TPSA) is 66.8 Å².